The fraction of sp³-hybridized carbons (Fsp3) is 0.370. The fourth-order valence-electron chi connectivity index (χ4n) is 11.5. The molecule has 0 spiro atoms. The molecular formula is C54H60N10O6. The second-order valence-corrected chi connectivity index (χ2v) is 19.3. The number of nitrogens with zero attached hydrogens (tertiary/aromatic N) is 6. The molecule has 70 heavy (non-hydrogen) atoms. The third-order valence-corrected chi connectivity index (χ3v) is 14.9. The number of H-pyrrole nitrogens is 2. The fourth-order valence-corrected chi connectivity index (χ4v) is 11.5. The van der Waals surface area contributed by atoms with E-state index in [0.29, 0.717) is 35.6 Å². The zero-order chi connectivity index (χ0) is 48.5. The van der Waals surface area contributed by atoms with Gasteiger partial charge in [0.15, 0.2) is 0 Å². The Morgan fingerprint density at radius 3 is 1.21 bits per heavy atom. The number of urea groups is 2. The number of aromatic nitrogens is 4. The lowest BCUT2D eigenvalue weighted by Crippen LogP contribution is -2.51. The Labute approximate surface area is 406 Å². The van der Waals surface area contributed by atoms with E-state index in [4.69, 9.17) is 21.4 Å². The monoisotopic (exact) mass is 944 g/mol. The molecule has 4 fully saturated rings. The summed E-state index contributed by atoms with van der Waals surface area (Å²) in [5.74, 6) is 0.504. The van der Waals surface area contributed by atoms with Crippen molar-refractivity contribution < 1.29 is 29.4 Å². The number of hydrogen-bond donors (Lipinski definition) is 6. The van der Waals surface area contributed by atoms with Crippen LogP contribution in [0.2, 0.25) is 0 Å². The van der Waals surface area contributed by atoms with Crippen molar-refractivity contribution in [1.29, 1.82) is 0 Å². The van der Waals surface area contributed by atoms with Gasteiger partial charge in [-0.3, -0.25) is 9.59 Å². The van der Waals surface area contributed by atoms with Crippen LogP contribution in [0.15, 0.2) is 122 Å². The van der Waals surface area contributed by atoms with Crippen molar-refractivity contribution in [2.45, 2.75) is 113 Å². The molecule has 6 amide bonds. The van der Waals surface area contributed by atoms with Gasteiger partial charge >= 0.3 is 12.1 Å². The van der Waals surface area contributed by atoms with E-state index in [0.717, 1.165) is 85.0 Å². The zero-order valence-corrected chi connectivity index (χ0v) is 39.0. The quantitative estimate of drug-likeness (QED) is 0.0676. The summed E-state index contributed by atoms with van der Waals surface area (Å²) in [6.07, 6.45) is 9.50. The summed E-state index contributed by atoms with van der Waals surface area (Å²) in [7, 11) is 0. The Balaban J connectivity index is 0.832. The van der Waals surface area contributed by atoms with E-state index in [2.05, 4.69) is 9.97 Å². The maximum Gasteiger partial charge on any atom is 0.315 e. The standard InChI is InChI=1S/C54H60N10O6/c55-53(69)63(39-15-7-8-16-39)47(37-11-3-1-4-12-37)51(67)61-31-41(65)27-45(61)49-57-29-43(59-49)35-23-19-33(20-24-35)34-21-25-36(26-22-34)44-30-58-50(60-44)46-28-42(66)32-62(46)52(68)48(38-13-5-2-6-14-38)64(54(56)70)40-17-9-10-18-40/h1-6,11-14,19-26,29-30,39-42,45-48,65-66H,7-10,15-18,27-28,31-32H2,(H2,55,69)(H2,56,70)(H,57,59)(H,58,60)/t41-,42-,45+,46+,47-,48-/m1/s1. The Hall–Kier alpha value is -7.30. The molecule has 2 aliphatic carbocycles. The molecule has 362 valence electrons. The average Bonchev–Trinajstić information content (AvgIpc) is 4.24. The first kappa shape index (κ1) is 46.4. The summed E-state index contributed by atoms with van der Waals surface area (Å²) in [6.45, 7) is 0.210. The van der Waals surface area contributed by atoms with Crippen LogP contribution < -0.4 is 11.5 Å². The molecule has 4 heterocycles. The summed E-state index contributed by atoms with van der Waals surface area (Å²) in [6, 6.07) is 30.2. The molecule has 16 heteroatoms. The molecule has 2 aliphatic heterocycles. The van der Waals surface area contributed by atoms with Crippen molar-refractivity contribution in [2.75, 3.05) is 13.1 Å². The van der Waals surface area contributed by atoms with Crippen LogP contribution in [0.5, 0.6) is 0 Å². The predicted molar refractivity (Wildman–Crippen MR) is 263 cm³/mol. The van der Waals surface area contributed by atoms with Crippen molar-refractivity contribution in [3.8, 4) is 33.6 Å². The molecule has 0 radical (unpaired) electrons. The predicted octanol–water partition coefficient (Wildman–Crippen LogP) is 7.53. The summed E-state index contributed by atoms with van der Waals surface area (Å²) < 4.78 is 0. The normalized spacial score (nSPS) is 21.5. The summed E-state index contributed by atoms with van der Waals surface area (Å²) in [5.41, 5.74) is 18.7. The number of nitrogens with one attached hydrogen (secondary N) is 2. The van der Waals surface area contributed by atoms with Crippen molar-refractivity contribution in [3.63, 3.8) is 0 Å². The summed E-state index contributed by atoms with van der Waals surface area (Å²) in [4.78, 5) is 78.0. The average molecular weight is 945 g/mol. The SMILES string of the molecule is NC(=O)N(C1CCCC1)[C@@H](C(=O)N1C[C@H](O)C[C@H]1c1ncc(-c2ccc(-c3ccc(-c4cnc([C@@H]5C[C@@H](O)CN5C(=O)[C@@H](c5ccccc5)N(C(N)=O)C5CCCC5)[nH]4)cc3)cc2)[nH]1)c1ccccc1. The third kappa shape index (κ3) is 9.28. The highest BCUT2D eigenvalue weighted by atomic mass is 16.3. The van der Waals surface area contributed by atoms with E-state index in [1.165, 1.54) is 0 Å². The molecule has 2 saturated heterocycles. The molecule has 2 aromatic heterocycles. The van der Waals surface area contributed by atoms with Crippen molar-refractivity contribution in [1.82, 2.24) is 39.5 Å². The summed E-state index contributed by atoms with van der Waals surface area (Å²) >= 11 is 0. The van der Waals surface area contributed by atoms with Crippen LogP contribution in [0.1, 0.15) is 111 Å². The number of primary amides is 2. The van der Waals surface area contributed by atoms with Gasteiger partial charge in [0.2, 0.25) is 0 Å². The topological polar surface area (TPSA) is 231 Å². The van der Waals surface area contributed by atoms with Crippen molar-refractivity contribution >= 4 is 23.9 Å². The van der Waals surface area contributed by atoms with Crippen LogP contribution in [0.25, 0.3) is 33.6 Å². The smallest absolute Gasteiger partial charge is 0.315 e. The first-order valence-electron chi connectivity index (χ1n) is 24.6. The molecule has 0 bridgehead atoms. The maximum atomic E-state index is 14.6. The highest BCUT2D eigenvalue weighted by molar-refractivity contribution is 5.89. The van der Waals surface area contributed by atoms with E-state index in [1.54, 1.807) is 32.0 Å². The van der Waals surface area contributed by atoms with Gasteiger partial charge in [-0.05, 0) is 59.1 Å². The number of aromatic amines is 2. The number of aliphatic hydroxyl groups is 2. The minimum atomic E-state index is -0.930. The van der Waals surface area contributed by atoms with E-state index in [-0.39, 0.29) is 37.0 Å². The van der Waals surface area contributed by atoms with Crippen molar-refractivity contribution in [2.24, 2.45) is 11.5 Å². The van der Waals surface area contributed by atoms with Crippen molar-refractivity contribution in [3.05, 3.63) is 144 Å². The molecule has 10 rings (SSSR count). The van der Waals surface area contributed by atoms with E-state index < -0.39 is 48.4 Å². The minimum absolute atomic E-state index is 0.105. The molecular weight excluding hydrogens is 885 g/mol. The largest absolute Gasteiger partial charge is 0.391 e. The number of carbonyl (C=O) groups excluding carboxylic acids is 4. The lowest BCUT2D eigenvalue weighted by molar-refractivity contribution is -0.139. The number of rotatable bonds is 13. The van der Waals surface area contributed by atoms with Gasteiger partial charge in [0, 0.05) is 38.0 Å². The maximum absolute atomic E-state index is 14.6. The minimum Gasteiger partial charge on any atom is -0.391 e. The Morgan fingerprint density at radius 2 is 0.871 bits per heavy atom. The van der Waals surface area contributed by atoms with Gasteiger partial charge in [0.1, 0.15) is 23.7 Å². The highest BCUT2D eigenvalue weighted by Gasteiger charge is 2.46. The number of likely N-dealkylation sites (tertiary alicyclic amines) is 2. The summed E-state index contributed by atoms with van der Waals surface area (Å²) in [5, 5.41) is 21.9. The second-order valence-electron chi connectivity index (χ2n) is 19.3. The molecule has 8 N–H and O–H groups in total. The molecule has 16 nitrogen and oxygen atoms in total. The van der Waals surface area contributed by atoms with Crippen LogP contribution in [0.3, 0.4) is 0 Å². The number of carbonyl (C=O) groups is 4. The number of imidazole rings is 2. The molecule has 4 aliphatic rings. The zero-order valence-electron chi connectivity index (χ0n) is 39.0. The van der Waals surface area contributed by atoms with Crippen LogP contribution in [0, 0.1) is 0 Å². The third-order valence-electron chi connectivity index (χ3n) is 14.9. The van der Waals surface area contributed by atoms with Gasteiger partial charge in [0.25, 0.3) is 11.8 Å². The van der Waals surface area contributed by atoms with Gasteiger partial charge in [-0.15, -0.1) is 0 Å². The lowest BCUT2D eigenvalue weighted by Gasteiger charge is -2.37. The molecule has 2 saturated carbocycles. The first-order chi connectivity index (χ1) is 34.0. The van der Waals surface area contributed by atoms with Gasteiger partial charge in [-0.1, -0.05) is 135 Å². The molecule has 0 unspecified atom stereocenters. The van der Waals surface area contributed by atoms with Crippen LogP contribution in [-0.4, -0.2) is 111 Å². The van der Waals surface area contributed by atoms with E-state index in [9.17, 15) is 29.4 Å². The van der Waals surface area contributed by atoms with Crippen LogP contribution >= 0.6 is 0 Å². The number of amides is 6. The molecule has 6 aromatic rings. The number of benzene rings is 4. The number of nitrogens with two attached hydrogens (primary N) is 2. The number of β-amino-alcohol motifs (C(OH)–C–C–N with tert-alkyl or cyclic N) is 2. The van der Waals surface area contributed by atoms with Gasteiger partial charge in [0.05, 0.1) is 48.1 Å². The van der Waals surface area contributed by atoms with Gasteiger partial charge < -0.3 is 51.2 Å². The number of hydrogen-bond acceptors (Lipinski definition) is 8. The van der Waals surface area contributed by atoms with Crippen LogP contribution in [-0.2, 0) is 9.59 Å². The Morgan fingerprint density at radius 1 is 0.529 bits per heavy atom. The highest BCUT2D eigenvalue weighted by Crippen LogP contribution is 2.41. The molecule has 6 atom stereocenters. The Kier molecular flexibility index (Phi) is 13.2. The van der Waals surface area contributed by atoms with E-state index in [1.807, 2.05) is 109 Å². The number of aliphatic hydroxyl groups excluding tert-OH is 2. The molecule has 4 aromatic carbocycles. The van der Waals surface area contributed by atoms with Gasteiger partial charge in [-0.25, -0.2) is 19.6 Å². The van der Waals surface area contributed by atoms with E-state index >= 15 is 0 Å². The first-order valence-corrected chi connectivity index (χ1v) is 24.6. The lowest BCUT2D eigenvalue weighted by atomic mass is 10.0. The van der Waals surface area contributed by atoms with Crippen LogP contribution in [0.4, 0.5) is 9.59 Å². The second kappa shape index (κ2) is 20.0. The Bertz CT molecular complexity index is 2600. The van der Waals surface area contributed by atoms with Gasteiger partial charge in [-0.2, -0.15) is 0 Å².